The fourth-order valence-corrected chi connectivity index (χ4v) is 6.67. The van der Waals surface area contributed by atoms with Gasteiger partial charge in [-0.2, -0.15) is 0 Å². The number of esters is 1. The van der Waals surface area contributed by atoms with E-state index in [0.717, 1.165) is 41.5 Å². The van der Waals surface area contributed by atoms with Crippen LogP contribution in [-0.4, -0.2) is 53.9 Å². The third-order valence-corrected chi connectivity index (χ3v) is 7.71. The van der Waals surface area contributed by atoms with Gasteiger partial charge in [0.15, 0.2) is 0 Å². The monoisotopic (exact) mass is 380 g/mol. The summed E-state index contributed by atoms with van der Waals surface area (Å²) in [7, 11) is 1.48. The van der Waals surface area contributed by atoms with E-state index in [9.17, 15) is 9.59 Å². The van der Waals surface area contributed by atoms with E-state index in [0.29, 0.717) is 13.2 Å². The molecule has 1 saturated carbocycles. The highest BCUT2D eigenvalue weighted by molar-refractivity contribution is 6.02. The Morgan fingerprint density at radius 3 is 2.96 bits per heavy atom. The number of benzene rings is 1. The largest absolute Gasteiger partial charge is 0.468 e. The van der Waals surface area contributed by atoms with Gasteiger partial charge in [-0.25, -0.2) is 0 Å². The van der Waals surface area contributed by atoms with Gasteiger partial charge in [0.05, 0.1) is 25.5 Å². The first-order valence-electron chi connectivity index (χ1n) is 10.2. The van der Waals surface area contributed by atoms with Crippen LogP contribution in [0.2, 0.25) is 0 Å². The van der Waals surface area contributed by atoms with Crippen molar-refractivity contribution in [3.8, 4) is 0 Å². The smallest absolute Gasteiger partial charge is 0.319 e. The average Bonchev–Trinajstić information content (AvgIpc) is 2.97. The first-order valence-corrected chi connectivity index (χ1v) is 10.2. The number of nitrogens with zero attached hydrogens (tertiary/aromatic N) is 2. The minimum absolute atomic E-state index is 0.0114. The Hall–Kier alpha value is -2.18. The van der Waals surface area contributed by atoms with Gasteiger partial charge in [0.2, 0.25) is 5.91 Å². The van der Waals surface area contributed by atoms with Crippen LogP contribution in [0.1, 0.15) is 35.8 Å². The topological polar surface area (TPSA) is 60.8 Å². The second-order valence-electron chi connectivity index (χ2n) is 8.79. The molecule has 0 radical (unpaired) electrons. The van der Waals surface area contributed by atoms with E-state index in [1.165, 1.54) is 7.11 Å². The van der Waals surface area contributed by atoms with Crippen molar-refractivity contribution in [3.05, 3.63) is 35.5 Å². The van der Waals surface area contributed by atoms with Crippen LogP contribution in [0.15, 0.2) is 24.3 Å². The molecule has 0 N–H and O–H groups in total. The maximum atomic E-state index is 13.6. The molecule has 28 heavy (non-hydrogen) atoms. The standard InChI is InChI=1S/C22H24N2O4/c1-12-16-9-13-10-22(21(26)27-2)18(16)23(11-28-12)8-7-15-14-5-3-4-6-17(14)24(19(15)22)20(13)25/h3-6,12-13,16,18H,7-11H2,1-2H3/t12-,13-,16-,18-,22-/m0/s1. The van der Waals surface area contributed by atoms with Gasteiger partial charge < -0.3 is 9.47 Å². The second-order valence-corrected chi connectivity index (χ2v) is 8.79. The van der Waals surface area contributed by atoms with Crippen LogP contribution in [0.3, 0.4) is 0 Å². The van der Waals surface area contributed by atoms with Crippen LogP contribution < -0.4 is 0 Å². The fourth-order valence-electron chi connectivity index (χ4n) is 6.67. The van der Waals surface area contributed by atoms with E-state index in [-0.39, 0.29) is 35.9 Å². The summed E-state index contributed by atoms with van der Waals surface area (Å²) >= 11 is 0. The Labute approximate surface area is 163 Å². The molecule has 2 aromatic rings. The molecular weight excluding hydrogens is 356 g/mol. The summed E-state index contributed by atoms with van der Waals surface area (Å²) in [6, 6.07) is 8.09. The van der Waals surface area contributed by atoms with E-state index in [2.05, 4.69) is 17.9 Å². The van der Waals surface area contributed by atoms with E-state index in [1.807, 2.05) is 22.8 Å². The lowest BCUT2D eigenvalue weighted by atomic mass is 9.56. The van der Waals surface area contributed by atoms with Crippen molar-refractivity contribution in [2.24, 2.45) is 11.8 Å². The Kier molecular flexibility index (Phi) is 3.26. The number of carbonyl (C=O) groups excluding carboxylic acids is 2. The van der Waals surface area contributed by atoms with E-state index >= 15 is 0 Å². The number of hydrogen-bond acceptors (Lipinski definition) is 5. The zero-order chi connectivity index (χ0) is 19.2. The minimum Gasteiger partial charge on any atom is -0.468 e. The molecule has 3 aliphatic heterocycles. The fraction of sp³-hybridized carbons (Fsp3) is 0.545. The first kappa shape index (κ1) is 16.7. The van der Waals surface area contributed by atoms with Crippen molar-refractivity contribution in [1.29, 1.82) is 0 Å². The van der Waals surface area contributed by atoms with Crippen LogP contribution in [0.5, 0.6) is 0 Å². The van der Waals surface area contributed by atoms with Gasteiger partial charge in [0, 0.05) is 35.5 Å². The third kappa shape index (κ3) is 1.77. The summed E-state index contributed by atoms with van der Waals surface area (Å²) < 4.78 is 13.4. The highest BCUT2D eigenvalue weighted by atomic mass is 16.5. The van der Waals surface area contributed by atoms with Crippen molar-refractivity contribution >= 4 is 22.8 Å². The molecule has 6 heteroatoms. The molecule has 4 heterocycles. The van der Waals surface area contributed by atoms with Crippen molar-refractivity contribution < 1.29 is 19.1 Å². The van der Waals surface area contributed by atoms with Gasteiger partial charge in [-0.05, 0) is 37.8 Å². The second kappa shape index (κ2) is 5.45. The van der Waals surface area contributed by atoms with Gasteiger partial charge in [0.25, 0.3) is 0 Å². The predicted octanol–water partition coefficient (Wildman–Crippen LogP) is 2.33. The highest BCUT2D eigenvalue weighted by Crippen LogP contribution is 2.57. The van der Waals surface area contributed by atoms with Crippen molar-refractivity contribution in [3.63, 3.8) is 0 Å². The summed E-state index contributed by atoms with van der Waals surface area (Å²) in [6.45, 7) is 3.44. The first-order chi connectivity index (χ1) is 13.6. The molecule has 1 aromatic carbocycles. The van der Waals surface area contributed by atoms with Gasteiger partial charge in [-0.1, -0.05) is 18.2 Å². The number of carbonyl (C=O) groups is 2. The van der Waals surface area contributed by atoms with Gasteiger partial charge in [0.1, 0.15) is 5.41 Å². The number of ether oxygens (including phenoxy) is 2. The van der Waals surface area contributed by atoms with Crippen LogP contribution in [0.25, 0.3) is 10.9 Å². The molecule has 1 saturated heterocycles. The lowest BCUT2D eigenvalue weighted by Gasteiger charge is -2.57. The molecule has 1 aliphatic carbocycles. The summed E-state index contributed by atoms with van der Waals surface area (Å²) in [6.07, 6.45) is 2.15. The molecule has 5 atom stereocenters. The molecule has 0 amide bonds. The molecular formula is C22H24N2O4. The number of hydrogen-bond donors (Lipinski definition) is 0. The van der Waals surface area contributed by atoms with Crippen LogP contribution in [-0.2, 0) is 26.1 Å². The molecule has 2 fully saturated rings. The number of para-hydroxylation sites is 1. The van der Waals surface area contributed by atoms with E-state index in [4.69, 9.17) is 9.47 Å². The van der Waals surface area contributed by atoms with Crippen LogP contribution in [0, 0.1) is 11.8 Å². The van der Waals surface area contributed by atoms with Crippen molar-refractivity contribution in [1.82, 2.24) is 9.47 Å². The molecule has 6 rings (SSSR count). The summed E-state index contributed by atoms with van der Waals surface area (Å²) in [5.74, 6) is -0.110. The highest BCUT2D eigenvalue weighted by Gasteiger charge is 2.66. The zero-order valence-corrected chi connectivity index (χ0v) is 16.2. The Balaban J connectivity index is 1.76. The number of methoxy groups -OCH3 is 1. The van der Waals surface area contributed by atoms with Crippen molar-refractivity contribution in [2.75, 3.05) is 20.4 Å². The average molecular weight is 380 g/mol. The molecule has 2 bridgehead atoms. The molecule has 6 nitrogen and oxygen atoms in total. The van der Waals surface area contributed by atoms with Crippen molar-refractivity contribution in [2.45, 2.75) is 43.7 Å². The molecule has 146 valence electrons. The van der Waals surface area contributed by atoms with Gasteiger partial charge in [-0.15, -0.1) is 0 Å². The minimum atomic E-state index is -0.806. The Bertz CT molecular complexity index is 1030. The summed E-state index contributed by atoms with van der Waals surface area (Å²) in [5, 5.41) is 1.09. The van der Waals surface area contributed by atoms with Gasteiger partial charge >= 0.3 is 5.97 Å². The molecule has 0 unspecified atom stereocenters. The maximum Gasteiger partial charge on any atom is 0.319 e. The lowest BCUT2D eigenvalue weighted by molar-refractivity contribution is -0.184. The van der Waals surface area contributed by atoms with E-state index in [1.54, 1.807) is 0 Å². The Morgan fingerprint density at radius 1 is 1.32 bits per heavy atom. The summed E-state index contributed by atoms with van der Waals surface area (Å²) in [5.41, 5.74) is 2.16. The zero-order valence-electron chi connectivity index (χ0n) is 16.2. The van der Waals surface area contributed by atoms with Crippen LogP contribution in [0.4, 0.5) is 0 Å². The Morgan fingerprint density at radius 2 is 2.14 bits per heavy atom. The number of fused-ring (bicyclic) bond motifs is 4. The maximum absolute atomic E-state index is 13.6. The summed E-state index contributed by atoms with van der Waals surface area (Å²) in [4.78, 5) is 29.4. The SMILES string of the molecule is COC(=O)[C@]12C[C@@H]3C[C@H]4[C@H](C)OCN(CCc5c1n(c1ccccc51)C3=O)[C@@H]42. The lowest BCUT2D eigenvalue weighted by Crippen LogP contribution is -2.69. The quantitative estimate of drug-likeness (QED) is 0.711. The number of aromatic nitrogens is 1. The third-order valence-electron chi connectivity index (χ3n) is 7.71. The molecule has 0 spiro atoms. The molecule has 4 aliphatic rings. The van der Waals surface area contributed by atoms with Crippen LogP contribution >= 0.6 is 0 Å². The van der Waals surface area contributed by atoms with E-state index < -0.39 is 5.41 Å². The predicted molar refractivity (Wildman–Crippen MR) is 102 cm³/mol. The number of rotatable bonds is 1. The molecule has 1 aromatic heterocycles. The van der Waals surface area contributed by atoms with Gasteiger partial charge in [-0.3, -0.25) is 19.1 Å². The normalized spacial score (nSPS) is 36.3.